The van der Waals surface area contributed by atoms with Gasteiger partial charge in [-0.25, -0.2) is 9.98 Å². The predicted octanol–water partition coefficient (Wildman–Crippen LogP) is 6.82. The zero-order valence-electron chi connectivity index (χ0n) is 19.6. The Bertz CT molecular complexity index is 1370. The van der Waals surface area contributed by atoms with Crippen molar-refractivity contribution in [3.63, 3.8) is 0 Å². The number of benzene rings is 2. The molecule has 0 amide bonds. The minimum absolute atomic E-state index is 0.0860. The van der Waals surface area contributed by atoms with Crippen LogP contribution in [-0.2, 0) is 13.0 Å². The molecule has 1 aromatic heterocycles. The van der Waals surface area contributed by atoms with E-state index in [1.807, 2.05) is 18.2 Å². The first-order chi connectivity index (χ1) is 16.2. The number of rotatable bonds is 5. The molecule has 5 nitrogen and oxygen atoms in total. The molecule has 0 spiro atoms. The molecule has 0 N–H and O–H groups in total. The fourth-order valence-corrected chi connectivity index (χ4v) is 6.30. The van der Waals surface area contributed by atoms with Gasteiger partial charge in [0.1, 0.15) is 0 Å². The van der Waals surface area contributed by atoms with Gasteiger partial charge in [-0.1, -0.05) is 50.0 Å². The van der Waals surface area contributed by atoms with E-state index in [1.54, 1.807) is 29.1 Å². The van der Waals surface area contributed by atoms with Gasteiger partial charge in [-0.2, -0.15) is 4.99 Å². The smallest absolute Gasteiger partial charge is 0.261 e. The highest BCUT2D eigenvalue weighted by molar-refractivity contribution is 6.35. The normalized spacial score (nSPS) is 24.9. The third-order valence-corrected chi connectivity index (χ3v) is 8.75. The van der Waals surface area contributed by atoms with Gasteiger partial charge < -0.3 is 0 Å². The van der Waals surface area contributed by atoms with E-state index in [-0.39, 0.29) is 5.56 Å². The molecule has 34 heavy (non-hydrogen) atoms. The van der Waals surface area contributed by atoms with Crippen LogP contribution in [0.2, 0.25) is 10.0 Å². The second-order valence-electron chi connectivity index (χ2n) is 10.3. The minimum atomic E-state index is -0.0860. The van der Waals surface area contributed by atoms with E-state index < -0.39 is 0 Å². The van der Waals surface area contributed by atoms with Crippen molar-refractivity contribution in [2.24, 2.45) is 33.2 Å². The Kier molecular flexibility index (Phi) is 6.14. The van der Waals surface area contributed by atoms with Crippen LogP contribution < -0.4 is 5.56 Å². The predicted molar refractivity (Wildman–Crippen MR) is 139 cm³/mol. The van der Waals surface area contributed by atoms with Crippen LogP contribution in [0.3, 0.4) is 0 Å². The van der Waals surface area contributed by atoms with Gasteiger partial charge >= 0.3 is 0 Å². The number of halogens is 2. The molecule has 3 aliphatic rings. The van der Waals surface area contributed by atoms with E-state index in [4.69, 9.17) is 23.2 Å². The third-order valence-electron chi connectivity index (χ3n) is 8.16. The molecule has 3 aliphatic carbocycles. The lowest BCUT2D eigenvalue weighted by atomic mass is 9.45. The summed E-state index contributed by atoms with van der Waals surface area (Å²) in [6, 6.07) is 14.0. The summed E-state index contributed by atoms with van der Waals surface area (Å²) in [6.45, 7) is 7.57. The van der Waals surface area contributed by atoms with Crippen LogP contribution in [0.5, 0.6) is 0 Å². The number of aryl methyl sites for hydroxylation is 2. The molecule has 3 saturated carbocycles. The summed E-state index contributed by atoms with van der Waals surface area (Å²) >= 11 is 12.2. The summed E-state index contributed by atoms with van der Waals surface area (Å²) in [5.41, 5.74) is 2.61. The van der Waals surface area contributed by atoms with Gasteiger partial charge in [-0.3, -0.25) is 9.36 Å². The fourth-order valence-electron chi connectivity index (χ4n) is 5.79. The zero-order chi connectivity index (χ0) is 24.0. The zero-order valence-corrected chi connectivity index (χ0v) is 21.1. The topological polar surface area (TPSA) is 59.6 Å². The van der Waals surface area contributed by atoms with Crippen molar-refractivity contribution in [2.75, 3.05) is 0 Å². The molecule has 6 rings (SSSR count). The lowest BCUT2D eigenvalue weighted by Gasteiger charge is -2.61. The number of hydrogen-bond acceptors (Lipinski definition) is 4. The molecule has 0 unspecified atom stereocenters. The quantitative estimate of drug-likeness (QED) is 0.365. The Morgan fingerprint density at radius 1 is 1.18 bits per heavy atom. The molecule has 4 atom stereocenters. The third kappa shape index (κ3) is 4.22. The van der Waals surface area contributed by atoms with Crippen LogP contribution in [-0.4, -0.2) is 21.6 Å². The average Bonchev–Trinajstić information content (AvgIpc) is 2.80. The number of nitrogens with zero attached hydrogens (tertiary/aromatic N) is 4. The van der Waals surface area contributed by atoms with Crippen LogP contribution in [0, 0.1) is 23.2 Å². The standard InChI is InChI=1S/C27H28Cl2N4O/c1-16-22-10-18(27(22,2)3)11-24(16)31-14-30-20-6-7-21-25(13-20)32-15-33(26(21)34)9-8-17-4-5-19(28)12-23(17)29/h4-7,12-13,15-16,18,22,24H,8-11H2,1-3H3/t16-,18+,22+,24+/m1/s1. The molecule has 0 saturated heterocycles. The second-order valence-corrected chi connectivity index (χ2v) is 11.1. The molecule has 1 heterocycles. The van der Waals surface area contributed by atoms with Gasteiger partial charge in [-0.05, 0) is 78.3 Å². The molecule has 176 valence electrons. The van der Waals surface area contributed by atoms with Crippen LogP contribution >= 0.6 is 23.2 Å². The van der Waals surface area contributed by atoms with Gasteiger partial charge in [0.15, 0.2) is 0 Å². The molecule has 7 heteroatoms. The van der Waals surface area contributed by atoms with Crippen LogP contribution in [0.4, 0.5) is 5.69 Å². The van der Waals surface area contributed by atoms with Crippen LogP contribution in [0.15, 0.2) is 57.5 Å². The van der Waals surface area contributed by atoms with Crippen molar-refractivity contribution in [3.05, 3.63) is 68.7 Å². The highest BCUT2D eigenvalue weighted by Crippen LogP contribution is 2.61. The lowest BCUT2D eigenvalue weighted by Crippen LogP contribution is -2.56. The molecule has 3 fully saturated rings. The first-order valence-electron chi connectivity index (χ1n) is 11.8. The highest BCUT2D eigenvalue weighted by atomic mass is 35.5. The Morgan fingerprint density at radius 3 is 2.74 bits per heavy atom. The summed E-state index contributed by atoms with van der Waals surface area (Å²) in [6.07, 6.45) is 4.64. The summed E-state index contributed by atoms with van der Waals surface area (Å²) in [4.78, 5) is 26.5. The van der Waals surface area contributed by atoms with E-state index in [1.165, 1.54) is 6.42 Å². The second kappa shape index (κ2) is 8.96. The highest BCUT2D eigenvalue weighted by Gasteiger charge is 2.56. The Morgan fingerprint density at radius 2 is 2.00 bits per heavy atom. The SMILES string of the molecule is C[C@H]1[C@@H](N=C=Nc2ccc3c(=O)n(CCc4ccc(Cl)cc4Cl)cnc3c2)C[C@@H]2C[C@@H]1C2(C)C. The number of aliphatic imine (C=N–C) groups is 2. The maximum absolute atomic E-state index is 12.9. The summed E-state index contributed by atoms with van der Waals surface area (Å²) < 4.78 is 1.61. The van der Waals surface area contributed by atoms with Crippen LogP contribution in [0.25, 0.3) is 10.9 Å². The molecule has 3 aromatic rings. The molecule has 2 bridgehead atoms. The van der Waals surface area contributed by atoms with Crippen molar-refractivity contribution in [2.45, 2.75) is 52.6 Å². The number of aromatic nitrogens is 2. The van der Waals surface area contributed by atoms with E-state index in [2.05, 4.69) is 41.7 Å². The van der Waals surface area contributed by atoms with Gasteiger partial charge in [0.2, 0.25) is 0 Å². The number of fused-ring (bicyclic) bond motifs is 3. The maximum atomic E-state index is 12.9. The summed E-state index contributed by atoms with van der Waals surface area (Å²) in [5.74, 6) is 2.05. The van der Waals surface area contributed by atoms with Crippen molar-refractivity contribution in [1.82, 2.24) is 9.55 Å². The Labute approximate surface area is 209 Å². The molecular weight excluding hydrogens is 467 g/mol. The number of hydrogen-bond donors (Lipinski definition) is 0. The average molecular weight is 495 g/mol. The van der Waals surface area contributed by atoms with Gasteiger partial charge in [0.05, 0.1) is 35.0 Å². The van der Waals surface area contributed by atoms with Crippen molar-refractivity contribution in [1.29, 1.82) is 0 Å². The Hall–Kier alpha value is -2.46. The summed E-state index contributed by atoms with van der Waals surface area (Å²) in [7, 11) is 0. The molecular formula is C27H28Cl2N4O. The Balaban J connectivity index is 1.30. The van der Waals surface area contributed by atoms with Gasteiger partial charge in [0.25, 0.3) is 5.56 Å². The minimum Gasteiger partial charge on any atom is -0.298 e. The first-order valence-corrected chi connectivity index (χ1v) is 12.6. The monoisotopic (exact) mass is 494 g/mol. The van der Waals surface area contributed by atoms with Crippen molar-refractivity contribution < 1.29 is 0 Å². The van der Waals surface area contributed by atoms with Gasteiger partial charge in [0, 0.05) is 16.6 Å². The van der Waals surface area contributed by atoms with Crippen molar-refractivity contribution >= 4 is 45.8 Å². The first kappa shape index (κ1) is 23.3. The lowest BCUT2D eigenvalue weighted by molar-refractivity contribution is -0.108. The largest absolute Gasteiger partial charge is 0.298 e. The molecule has 0 aliphatic heterocycles. The fraction of sp³-hybridized carbons (Fsp3) is 0.444. The summed E-state index contributed by atoms with van der Waals surface area (Å²) in [5, 5.41) is 1.75. The van der Waals surface area contributed by atoms with E-state index in [0.29, 0.717) is 57.0 Å². The molecule has 2 aromatic carbocycles. The van der Waals surface area contributed by atoms with Gasteiger partial charge in [-0.15, -0.1) is 0 Å². The van der Waals surface area contributed by atoms with E-state index in [0.717, 1.165) is 23.8 Å². The maximum Gasteiger partial charge on any atom is 0.261 e. The van der Waals surface area contributed by atoms with Crippen LogP contribution in [0.1, 0.15) is 39.2 Å². The molecule has 0 radical (unpaired) electrons. The van der Waals surface area contributed by atoms with Crippen molar-refractivity contribution in [3.8, 4) is 0 Å². The van der Waals surface area contributed by atoms with E-state index >= 15 is 0 Å². The van der Waals surface area contributed by atoms with E-state index in [9.17, 15) is 4.79 Å².